The van der Waals surface area contributed by atoms with Crippen molar-refractivity contribution in [2.45, 2.75) is 64.6 Å². The van der Waals surface area contributed by atoms with Crippen LogP contribution in [0.5, 0.6) is 0 Å². The molecule has 2 amide bonds. The number of rotatable bonds is 9. The van der Waals surface area contributed by atoms with Crippen LogP contribution in [0.25, 0.3) is 0 Å². The third kappa shape index (κ3) is 8.16. The van der Waals surface area contributed by atoms with Gasteiger partial charge in [-0.05, 0) is 83.5 Å². The van der Waals surface area contributed by atoms with Crippen molar-refractivity contribution in [3.05, 3.63) is 94.0 Å². The number of benzene rings is 3. The summed E-state index contributed by atoms with van der Waals surface area (Å²) in [7, 11) is -4.10. The molecule has 0 heterocycles. The van der Waals surface area contributed by atoms with Gasteiger partial charge in [0.1, 0.15) is 12.6 Å². The first-order chi connectivity index (χ1) is 18.2. The molecule has 0 aliphatic carbocycles. The Morgan fingerprint density at radius 1 is 0.872 bits per heavy atom. The number of sulfonamides is 1. The maximum atomic E-state index is 13.9. The molecule has 0 spiro atoms. The Balaban J connectivity index is 2.02. The Bertz CT molecular complexity index is 1400. The highest BCUT2D eigenvalue weighted by Crippen LogP contribution is 2.26. The molecule has 1 atom stereocenters. The van der Waals surface area contributed by atoms with Gasteiger partial charge in [-0.2, -0.15) is 0 Å². The van der Waals surface area contributed by atoms with Gasteiger partial charge in [0.2, 0.25) is 11.8 Å². The van der Waals surface area contributed by atoms with Gasteiger partial charge in [0.15, 0.2) is 0 Å². The number of nitrogens with one attached hydrogen (secondary N) is 1. The molecule has 3 rings (SSSR count). The molecule has 39 heavy (non-hydrogen) atoms. The van der Waals surface area contributed by atoms with Crippen LogP contribution in [-0.4, -0.2) is 43.3 Å². The monoisotopic (exact) mass is 613 g/mol. The van der Waals surface area contributed by atoms with E-state index in [2.05, 4.69) is 21.2 Å². The first-order valence-electron chi connectivity index (χ1n) is 12.7. The lowest BCUT2D eigenvalue weighted by Gasteiger charge is -2.33. The zero-order valence-electron chi connectivity index (χ0n) is 23.2. The van der Waals surface area contributed by atoms with Crippen molar-refractivity contribution in [3.63, 3.8) is 0 Å². The van der Waals surface area contributed by atoms with Crippen LogP contribution in [0.15, 0.2) is 82.2 Å². The number of hydrogen-bond acceptors (Lipinski definition) is 4. The topological polar surface area (TPSA) is 86.8 Å². The second-order valence-corrected chi connectivity index (χ2v) is 13.5. The normalized spacial score (nSPS) is 12.5. The van der Waals surface area contributed by atoms with Crippen LogP contribution in [0.3, 0.4) is 0 Å². The fourth-order valence-electron chi connectivity index (χ4n) is 3.92. The van der Waals surface area contributed by atoms with Gasteiger partial charge in [-0.15, -0.1) is 0 Å². The van der Waals surface area contributed by atoms with E-state index < -0.39 is 34.1 Å². The Labute approximate surface area is 240 Å². The van der Waals surface area contributed by atoms with Crippen LogP contribution in [0.4, 0.5) is 5.69 Å². The molecule has 0 aromatic heterocycles. The Morgan fingerprint density at radius 2 is 1.38 bits per heavy atom. The predicted octanol–water partition coefficient (Wildman–Crippen LogP) is 5.59. The molecule has 0 bridgehead atoms. The molecule has 3 aromatic rings. The number of carbonyl (C=O) groups excluding carboxylic acids is 2. The molecule has 0 radical (unpaired) electrons. The van der Waals surface area contributed by atoms with E-state index in [1.165, 1.54) is 17.0 Å². The van der Waals surface area contributed by atoms with Crippen molar-refractivity contribution >= 4 is 43.5 Å². The lowest BCUT2D eigenvalue weighted by Crippen LogP contribution is -2.54. The molecule has 9 heteroatoms. The van der Waals surface area contributed by atoms with E-state index in [1.54, 1.807) is 43.3 Å². The van der Waals surface area contributed by atoms with Crippen LogP contribution < -0.4 is 9.62 Å². The van der Waals surface area contributed by atoms with Crippen LogP contribution in [-0.2, 0) is 26.2 Å². The number of nitrogens with zero attached hydrogens (tertiary/aromatic N) is 2. The molecule has 0 unspecified atom stereocenters. The molecular formula is C30H36BrN3O4S. The van der Waals surface area contributed by atoms with Crippen LogP contribution in [0.1, 0.15) is 44.4 Å². The van der Waals surface area contributed by atoms with Crippen molar-refractivity contribution < 1.29 is 18.0 Å². The van der Waals surface area contributed by atoms with Crippen LogP contribution >= 0.6 is 15.9 Å². The quantitative estimate of drug-likeness (QED) is 0.341. The summed E-state index contributed by atoms with van der Waals surface area (Å²) in [5, 5.41) is 2.93. The minimum atomic E-state index is -4.10. The third-order valence-corrected chi connectivity index (χ3v) is 8.46. The number of aryl methyl sites for hydroxylation is 2. The summed E-state index contributed by atoms with van der Waals surface area (Å²) in [5.74, 6) is -0.815. The van der Waals surface area contributed by atoms with E-state index in [4.69, 9.17) is 0 Å². The van der Waals surface area contributed by atoms with E-state index in [0.29, 0.717) is 5.69 Å². The van der Waals surface area contributed by atoms with E-state index in [1.807, 2.05) is 58.9 Å². The first-order valence-corrected chi connectivity index (χ1v) is 14.9. The largest absolute Gasteiger partial charge is 0.350 e. The molecular weight excluding hydrogens is 578 g/mol. The summed E-state index contributed by atoms with van der Waals surface area (Å²) in [4.78, 5) is 28.6. The lowest BCUT2D eigenvalue weighted by atomic mass is 10.1. The van der Waals surface area contributed by atoms with E-state index in [9.17, 15) is 18.0 Å². The van der Waals surface area contributed by atoms with E-state index in [-0.39, 0.29) is 17.3 Å². The molecule has 0 fully saturated rings. The second kappa shape index (κ2) is 12.3. The van der Waals surface area contributed by atoms with Crippen LogP contribution in [0, 0.1) is 13.8 Å². The summed E-state index contributed by atoms with van der Waals surface area (Å²) in [6, 6.07) is 20.1. The maximum absolute atomic E-state index is 13.9. The fraction of sp³-hybridized carbons (Fsp3) is 0.333. The number of hydrogen-bond donors (Lipinski definition) is 1. The number of carbonyl (C=O) groups is 2. The zero-order chi connectivity index (χ0) is 29.0. The summed E-state index contributed by atoms with van der Waals surface area (Å²) >= 11 is 3.39. The highest BCUT2D eigenvalue weighted by Gasteiger charge is 2.33. The minimum Gasteiger partial charge on any atom is -0.350 e. The van der Waals surface area contributed by atoms with Gasteiger partial charge in [-0.3, -0.25) is 13.9 Å². The van der Waals surface area contributed by atoms with Crippen molar-refractivity contribution in [1.82, 2.24) is 10.2 Å². The number of halogens is 1. The molecule has 0 aliphatic heterocycles. The van der Waals surface area contributed by atoms with Gasteiger partial charge in [-0.25, -0.2) is 8.42 Å². The standard InChI is InChI=1S/C30H36BrN3O4S/c1-21-7-11-24(12-8-21)19-33(23(3)29(36)32-30(4,5)6)28(35)20-34(26-15-13-25(31)14-16-26)39(37,38)27-17-9-22(2)10-18-27/h7-18,23H,19-20H2,1-6H3,(H,32,36)/t23-/m1/s1. The SMILES string of the molecule is Cc1ccc(CN(C(=O)CN(c2ccc(Br)cc2)S(=O)(=O)c2ccc(C)cc2)[C@H](C)C(=O)NC(C)(C)C)cc1. The van der Waals surface area contributed by atoms with Crippen molar-refractivity contribution in [1.29, 1.82) is 0 Å². The molecule has 1 N–H and O–H groups in total. The third-order valence-electron chi connectivity index (χ3n) is 6.14. The summed E-state index contributed by atoms with van der Waals surface area (Å²) < 4.78 is 29.6. The molecule has 7 nitrogen and oxygen atoms in total. The molecule has 0 aliphatic rings. The maximum Gasteiger partial charge on any atom is 0.264 e. The lowest BCUT2D eigenvalue weighted by molar-refractivity contribution is -0.140. The molecule has 3 aromatic carbocycles. The zero-order valence-corrected chi connectivity index (χ0v) is 25.6. The Kier molecular flexibility index (Phi) is 9.61. The van der Waals surface area contributed by atoms with Crippen LogP contribution in [0.2, 0.25) is 0 Å². The molecule has 0 saturated heterocycles. The van der Waals surface area contributed by atoms with Gasteiger partial charge < -0.3 is 10.2 Å². The molecule has 0 saturated carbocycles. The minimum absolute atomic E-state index is 0.0763. The van der Waals surface area contributed by atoms with Gasteiger partial charge in [0.05, 0.1) is 10.6 Å². The van der Waals surface area contributed by atoms with Crippen molar-refractivity contribution in [2.24, 2.45) is 0 Å². The smallest absolute Gasteiger partial charge is 0.264 e. The fourth-order valence-corrected chi connectivity index (χ4v) is 5.60. The van der Waals surface area contributed by atoms with Gasteiger partial charge in [0.25, 0.3) is 10.0 Å². The highest BCUT2D eigenvalue weighted by molar-refractivity contribution is 9.10. The summed E-state index contributed by atoms with van der Waals surface area (Å²) in [6.45, 7) is 10.8. The van der Waals surface area contributed by atoms with E-state index in [0.717, 1.165) is 25.5 Å². The number of anilines is 1. The van der Waals surface area contributed by atoms with Crippen molar-refractivity contribution in [3.8, 4) is 0 Å². The Morgan fingerprint density at radius 3 is 1.90 bits per heavy atom. The van der Waals surface area contributed by atoms with Gasteiger partial charge in [0, 0.05) is 16.6 Å². The molecule has 208 valence electrons. The average Bonchev–Trinajstić information content (AvgIpc) is 2.86. The van der Waals surface area contributed by atoms with Crippen molar-refractivity contribution in [2.75, 3.05) is 10.8 Å². The predicted molar refractivity (Wildman–Crippen MR) is 159 cm³/mol. The van der Waals surface area contributed by atoms with Gasteiger partial charge >= 0.3 is 0 Å². The second-order valence-electron chi connectivity index (χ2n) is 10.7. The summed E-state index contributed by atoms with van der Waals surface area (Å²) in [6.07, 6.45) is 0. The number of amides is 2. The highest BCUT2D eigenvalue weighted by atomic mass is 79.9. The first kappa shape index (κ1) is 30.4. The van der Waals surface area contributed by atoms with Gasteiger partial charge in [-0.1, -0.05) is 63.5 Å². The van der Waals surface area contributed by atoms with E-state index >= 15 is 0 Å². The summed E-state index contributed by atoms with van der Waals surface area (Å²) in [5.41, 5.74) is 2.67. The average molecular weight is 615 g/mol. The Hall–Kier alpha value is -3.17.